The first-order valence-electron chi connectivity index (χ1n) is 11.6. The Labute approximate surface area is 213 Å². The number of carboxylic acids is 1. The number of aromatic amines is 1. The Bertz CT molecular complexity index is 1580. The van der Waals surface area contributed by atoms with Crippen LogP contribution in [-0.4, -0.2) is 27.9 Å². The van der Waals surface area contributed by atoms with Crippen LogP contribution in [0.5, 0.6) is 0 Å². The fourth-order valence-electron chi connectivity index (χ4n) is 4.43. The molecule has 8 heteroatoms. The van der Waals surface area contributed by atoms with E-state index in [9.17, 15) is 19.5 Å². The van der Waals surface area contributed by atoms with E-state index in [2.05, 4.69) is 20.9 Å². The van der Waals surface area contributed by atoms with E-state index in [0.717, 1.165) is 11.4 Å². The average molecular weight is 493 g/mol. The molecule has 0 fully saturated rings. The van der Waals surface area contributed by atoms with Crippen molar-refractivity contribution in [3.05, 3.63) is 106 Å². The van der Waals surface area contributed by atoms with E-state index in [4.69, 9.17) is 0 Å². The zero-order valence-electron chi connectivity index (χ0n) is 20.2. The molecule has 0 atom stereocenters. The molecule has 5 N–H and O–H groups in total. The Balaban J connectivity index is 1.40. The van der Waals surface area contributed by atoms with Gasteiger partial charge in [0.15, 0.2) is 0 Å². The van der Waals surface area contributed by atoms with Gasteiger partial charge in [-0.25, -0.2) is 4.79 Å². The van der Waals surface area contributed by atoms with E-state index in [0.29, 0.717) is 45.0 Å². The highest BCUT2D eigenvalue weighted by atomic mass is 16.4. The fraction of sp³-hybridized carbons (Fsp3) is 0.0690. The summed E-state index contributed by atoms with van der Waals surface area (Å²) in [6, 6.07) is 21.9. The SMILES string of the molecule is Cc1[nH]c(C=C2C(=O)Nc3ccc(Nc4cccc(NC(=O)c5ccccc5)c4)cc32)c(C)c1C(=O)O. The first kappa shape index (κ1) is 23.6. The first-order valence-corrected chi connectivity index (χ1v) is 11.6. The third kappa shape index (κ3) is 4.72. The molecule has 1 aliphatic rings. The Morgan fingerprint density at radius 3 is 2.35 bits per heavy atom. The summed E-state index contributed by atoms with van der Waals surface area (Å²) in [7, 11) is 0. The zero-order chi connectivity index (χ0) is 26.1. The van der Waals surface area contributed by atoms with E-state index >= 15 is 0 Å². The number of carbonyl (C=O) groups excluding carboxylic acids is 2. The van der Waals surface area contributed by atoms with Crippen molar-refractivity contribution in [3.8, 4) is 0 Å². The van der Waals surface area contributed by atoms with Crippen molar-refractivity contribution in [3.63, 3.8) is 0 Å². The van der Waals surface area contributed by atoms with E-state index in [1.807, 2.05) is 60.7 Å². The monoisotopic (exact) mass is 492 g/mol. The second kappa shape index (κ2) is 9.50. The first-order chi connectivity index (χ1) is 17.8. The minimum atomic E-state index is -1.01. The van der Waals surface area contributed by atoms with Crippen molar-refractivity contribution in [1.82, 2.24) is 4.98 Å². The number of hydrogen-bond donors (Lipinski definition) is 5. The van der Waals surface area contributed by atoms with Crippen molar-refractivity contribution >= 4 is 52.2 Å². The maximum atomic E-state index is 12.7. The van der Waals surface area contributed by atoms with Crippen LogP contribution < -0.4 is 16.0 Å². The van der Waals surface area contributed by atoms with Crippen LogP contribution in [0.3, 0.4) is 0 Å². The number of aromatic carboxylic acids is 1. The molecular formula is C29H24N4O4. The van der Waals surface area contributed by atoms with Gasteiger partial charge < -0.3 is 26.0 Å². The number of H-pyrrole nitrogens is 1. The molecule has 0 radical (unpaired) electrons. The minimum absolute atomic E-state index is 0.199. The minimum Gasteiger partial charge on any atom is -0.478 e. The Kier molecular flexibility index (Phi) is 6.07. The van der Waals surface area contributed by atoms with Crippen molar-refractivity contribution in [2.45, 2.75) is 13.8 Å². The second-order valence-electron chi connectivity index (χ2n) is 8.77. The molecule has 0 bridgehead atoms. The number of hydrogen-bond acceptors (Lipinski definition) is 4. The van der Waals surface area contributed by atoms with E-state index in [1.165, 1.54) is 0 Å². The number of aromatic nitrogens is 1. The summed E-state index contributed by atoms with van der Waals surface area (Å²) in [6.45, 7) is 3.41. The number of anilines is 4. The van der Waals surface area contributed by atoms with Crippen molar-refractivity contribution in [2.75, 3.05) is 16.0 Å². The van der Waals surface area contributed by atoms with Crippen molar-refractivity contribution in [1.29, 1.82) is 0 Å². The third-order valence-corrected chi connectivity index (χ3v) is 6.23. The Morgan fingerprint density at radius 1 is 0.892 bits per heavy atom. The smallest absolute Gasteiger partial charge is 0.337 e. The molecule has 5 rings (SSSR count). The summed E-state index contributed by atoms with van der Waals surface area (Å²) in [5, 5.41) is 18.6. The number of carbonyl (C=O) groups is 3. The molecule has 184 valence electrons. The lowest BCUT2D eigenvalue weighted by Gasteiger charge is -2.11. The predicted molar refractivity (Wildman–Crippen MR) is 144 cm³/mol. The van der Waals surface area contributed by atoms with E-state index in [-0.39, 0.29) is 17.4 Å². The normalized spacial score (nSPS) is 13.2. The number of amides is 2. The highest BCUT2D eigenvalue weighted by Crippen LogP contribution is 2.36. The summed E-state index contributed by atoms with van der Waals surface area (Å²) in [5.41, 5.74) is 6.42. The third-order valence-electron chi connectivity index (χ3n) is 6.23. The van der Waals surface area contributed by atoms with Gasteiger partial charge in [-0.2, -0.15) is 0 Å². The van der Waals surface area contributed by atoms with Gasteiger partial charge in [-0.05, 0) is 74.0 Å². The van der Waals surface area contributed by atoms with Crippen LogP contribution in [-0.2, 0) is 4.79 Å². The van der Waals surface area contributed by atoms with Crippen molar-refractivity contribution in [2.24, 2.45) is 0 Å². The summed E-state index contributed by atoms with van der Waals surface area (Å²) in [6.07, 6.45) is 1.68. The molecule has 0 saturated carbocycles. The van der Waals surface area contributed by atoms with Crippen LogP contribution in [0.2, 0.25) is 0 Å². The molecule has 0 spiro atoms. The van der Waals surface area contributed by atoms with Crippen molar-refractivity contribution < 1.29 is 19.5 Å². The average Bonchev–Trinajstić information content (AvgIpc) is 3.34. The largest absolute Gasteiger partial charge is 0.478 e. The molecule has 0 saturated heterocycles. The van der Waals surface area contributed by atoms with Crippen LogP contribution >= 0.6 is 0 Å². The number of benzene rings is 3. The van der Waals surface area contributed by atoms with Gasteiger partial charge in [0, 0.05) is 45.3 Å². The second-order valence-corrected chi connectivity index (χ2v) is 8.77. The molecule has 4 aromatic rings. The Hall–Kier alpha value is -5.11. The summed E-state index contributed by atoms with van der Waals surface area (Å²) >= 11 is 0. The highest BCUT2D eigenvalue weighted by molar-refractivity contribution is 6.35. The van der Waals surface area contributed by atoms with Crippen LogP contribution in [0, 0.1) is 13.8 Å². The number of rotatable bonds is 6. The van der Waals surface area contributed by atoms with Gasteiger partial charge >= 0.3 is 5.97 Å². The number of aryl methyl sites for hydroxylation is 1. The van der Waals surface area contributed by atoms with Gasteiger partial charge in [-0.3, -0.25) is 9.59 Å². The summed E-state index contributed by atoms with van der Waals surface area (Å²) in [4.78, 5) is 39.9. The molecule has 1 aliphatic heterocycles. The van der Waals surface area contributed by atoms with Gasteiger partial charge in [-0.1, -0.05) is 24.3 Å². The fourth-order valence-corrected chi connectivity index (χ4v) is 4.43. The van der Waals surface area contributed by atoms with Crippen LogP contribution in [0.1, 0.15) is 43.2 Å². The van der Waals surface area contributed by atoms with E-state index in [1.54, 1.807) is 32.1 Å². The molecule has 2 amide bonds. The topological polar surface area (TPSA) is 123 Å². The lowest BCUT2D eigenvalue weighted by molar-refractivity contribution is -0.110. The van der Waals surface area contributed by atoms with Gasteiger partial charge in [0.25, 0.3) is 11.8 Å². The lowest BCUT2D eigenvalue weighted by Crippen LogP contribution is -2.11. The molecular weight excluding hydrogens is 468 g/mol. The van der Waals surface area contributed by atoms with Crippen LogP contribution in [0.4, 0.5) is 22.7 Å². The zero-order valence-corrected chi connectivity index (χ0v) is 20.2. The maximum Gasteiger partial charge on any atom is 0.337 e. The van der Waals surface area contributed by atoms with Gasteiger partial charge in [0.1, 0.15) is 0 Å². The molecule has 2 heterocycles. The summed E-state index contributed by atoms with van der Waals surface area (Å²) < 4.78 is 0. The van der Waals surface area contributed by atoms with E-state index < -0.39 is 5.97 Å². The van der Waals surface area contributed by atoms with Gasteiger partial charge in [0.2, 0.25) is 0 Å². The quantitative estimate of drug-likeness (QED) is 0.217. The molecule has 1 aromatic heterocycles. The number of nitrogens with one attached hydrogen (secondary N) is 4. The standard InChI is InChI=1S/C29H24N4O4/c1-16-25(30-17(2)26(16)29(36)37)15-23-22-14-21(11-12-24(22)33-28(23)35)31-19-9-6-10-20(13-19)32-27(34)18-7-4-3-5-8-18/h3-15,30-31H,1-2H3,(H,32,34)(H,33,35)(H,36,37). The Morgan fingerprint density at radius 2 is 1.62 bits per heavy atom. The molecule has 37 heavy (non-hydrogen) atoms. The van der Waals surface area contributed by atoms with Crippen LogP contribution in [0.15, 0.2) is 72.8 Å². The molecule has 0 aliphatic carbocycles. The van der Waals surface area contributed by atoms with Gasteiger partial charge in [0.05, 0.1) is 11.1 Å². The summed E-state index contributed by atoms with van der Waals surface area (Å²) in [5.74, 6) is -1.47. The molecule has 8 nitrogen and oxygen atoms in total. The highest BCUT2D eigenvalue weighted by Gasteiger charge is 2.26. The van der Waals surface area contributed by atoms with Gasteiger partial charge in [-0.15, -0.1) is 0 Å². The predicted octanol–water partition coefficient (Wildman–Crippen LogP) is 5.82. The van der Waals surface area contributed by atoms with Crippen LogP contribution in [0.25, 0.3) is 11.6 Å². The maximum absolute atomic E-state index is 12.7. The number of fused-ring (bicyclic) bond motifs is 1. The molecule has 3 aromatic carbocycles. The molecule has 0 unspecified atom stereocenters. The lowest BCUT2D eigenvalue weighted by atomic mass is 10.0. The number of carboxylic acid groups (broad SMARTS) is 1.